The lowest BCUT2D eigenvalue weighted by atomic mass is 9.85. The average molecular weight is 311 g/mol. The number of aliphatic imine (C=N–C) groups is 1. The summed E-state index contributed by atoms with van der Waals surface area (Å²) >= 11 is 0. The van der Waals surface area contributed by atoms with E-state index in [1.165, 1.54) is 11.1 Å². The maximum Gasteiger partial charge on any atom is 0.253 e. The predicted molar refractivity (Wildman–Crippen MR) is 91.3 cm³/mol. The summed E-state index contributed by atoms with van der Waals surface area (Å²) in [7, 11) is 0. The van der Waals surface area contributed by atoms with Gasteiger partial charge in [-0.1, -0.05) is 31.2 Å². The van der Waals surface area contributed by atoms with E-state index in [-0.39, 0.29) is 5.91 Å². The number of hydrogen-bond acceptors (Lipinski definition) is 3. The summed E-state index contributed by atoms with van der Waals surface area (Å²) < 4.78 is 0. The van der Waals surface area contributed by atoms with E-state index in [2.05, 4.69) is 48.3 Å². The van der Waals surface area contributed by atoms with Gasteiger partial charge in [0.2, 0.25) is 0 Å². The first kappa shape index (κ1) is 14.9. The SMILES string of the molecule is CCC1=N[C@@]2(CC[C@@H]3CN(Cc4ccccc4C)C[C@@H]32)C(=O)N1. The third kappa shape index (κ3) is 2.31. The molecule has 0 radical (unpaired) electrons. The van der Waals surface area contributed by atoms with Crippen molar-refractivity contribution >= 4 is 11.7 Å². The molecule has 1 saturated heterocycles. The predicted octanol–water partition coefficient (Wildman–Crippen LogP) is 2.51. The number of fused-ring (bicyclic) bond motifs is 2. The van der Waals surface area contributed by atoms with Crippen LogP contribution in [0.15, 0.2) is 29.3 Å². The number of nitrogens with one attached hydrogen (secondary N) is 1. The zero-order chi connectivity index (χ0) is 16.0. The number of aryl methyl sites for hydroxylation is 1. The molecule has 2 fully saturated rings. The highest BCUT2D eigenvalue weighted by Crippen LogP contribution is 2.49. The average Bonchev–Trinajstić information content (AvgIpc) is 3.18. The molecule has 0 aromatic heterocycles. The van der Waals surface area contributed by atoms with Crippen molar-refractivity contribution in [2.24, 2.45) is 16.8 Å². The first-order chi connectivity index (χ1) is 11.1. The highest BCUT2D eigenvalue weighted by molar-refractivity contribution is 6.08. The lowest BCUT2D eigenvalue weighted by molar-refractivity contribution is -0.125. The summed E-state index contributed by atoms with van der Waals surface area (Å²) in [6.45, 7) is 7.32. The molecule has 3 atom stereocenters. The molecule has 1 N–H and O–H groups in total. The third-order valence-electron chi connectivity index (χ3n) is 6.00. The lowest BCUT2D eigenvalue weighted by Crippen LogP contribution is -2.44. The van der Waals surface area contributed by atoms with Gasteiger partial charge < -0.3 is 5.32 Å². The van der Waals surface area contributed by atoms with Gasteiger partial charge in [-0.15, -0.1) is 0 Å². The van der Waals surface area contributed by atoms with Crippen molar-refractivity contribution in [3.05, 3.63) is 35.4 Å². The minimum atomic E-state index is -0.462. The quantitative estimate of drug-likeness (QED) is 0.932. The molecule has 2 aliphatic heterocycles. The minimum absolute atomic E-state index is 0.152. The van der Waals surface area contributed by atoms with Crippen molar-refractivity contribution < 1.29 is 4.79 Å². The van der Waals surface area contributed by atoms with Crippen molar-refractivity contribution in [3.8, 4) is 0 Å². The molecular weight excluding hydrogens is 286 g/mol. The number of carbonyl (C=O) groups is 1. The number of benzene rings is 1. The highest BCUT2D eigenvalue weighted by atomic mass is 16.2. The smallest absolute Gasteiger partial charge is 0.253 e. The summed E-state index contributed by atoms with van der Waals surface area (Å²) in [5, 5.41) is 3.02. The van der Waals surface area contributed by atoms with Crippen LogP contribution < -0.4 is 5.32 Å². The molecule has 0 bridgehead atoms. The molecule has 1 spiro atoms. The van der Waals surface area contributed by atoms with Gasteiger partial charge >= 0.3 is 0 Å². The Morgan fingerprint density at radius 3 is 2.91 bits per heavy atom. The van der Waals surface area contributed by atoms with E-state index in [4.69, 9.17) is 4.99 Å². The fraction of sp³-hybridized carbons (Fsp3) is 0.579. The van der Waals surface area contributed by atoms with Gasteiger partial charge in [0.05, 0.1) is 0 Å². The molecule has 4 nitrogen and oxygen atoms in total. The van der Waals surface area contributed by atoms with Gasteiger partial charge in [0.1, 0.15) is 11.4 Å². The van der Waals surface area contributed by atoms with Gasteiger partial charge in [-0.05, 0) is 36.8 Å². The van der Waals surface area contributed by atoms with Gasteiger partial charge in [-0.2, -0.15) is 0 Å². The van der Waals surface area contributed by atoms with Crippen LogP contribution in [0, 0.1) is 18.8 Å². The van der Waals surface area contributed by atoms with E-state index in [1.54, 1.807) is 0 Å². The van der Waals surface area contributed by atoms with Gasteiger partial charge in [0.25, 0.3) is 5.91 Å². The van der Waals surface area contributed by atoms with Crippen molar-refractivity contribution in [2.45, 2.75) is 45.2 Å². The van der Waals surface area contributed by atoms with Gasteiger partial charge in [-0.25, -0.2) is 0 Å². The summed E-state index contributed by atoms with van der Waals surface area (Å²) in [6.07, 6.45) is 2.87. The summed E-state index contributed by atoms with van der Waals surface area (Å²) in [6, 6.07) is 8.60. The Morgan fingerprint density at radius 2 is 2.17 bits per heavy atom. The van der Waals surface area contributed by atoms with Crippen LogP contribution in [0.2, 0.25) is 0 Å². The van der Waals surface area contributed by atoms with Crippen LogP contribution >= 0.6 is 0 Å². The second-order valence-corrected chi connectivity index (χ2v) is 7.32. The molecule has 4 heteroatoms. The standard InChI is InChI=1S/C19H25N3O/c1-3-17-20-18(23)19(21-17)9-8-15-11-22(12-16(15)19)10-14-7-5-4-6-13(14)2/h4-7,15-16H,3,8-12H2,1-2H3,(H,20,21,23)/t15-,16+,19-/m1/s1. The number of carbonyl (C=O) groups excluding carboxylic acids is 1. The second kappa shape index (κ2) is 5.45. The first-order valence-corrected chi connectivity index (χ1v) is 8.79. The van der Waals surface area contributed by atoms with Crippen LogP contribution in [0.1, 0.15) is 37.3 Å². The Kier molecular flexibility index (Phi) is 3.52. The normalized spacial score (nSPS) is 33.1. The topological polar surface area (TPSA) is 44.7 Å². The third-order valence-corrected chi connectivity index (χ3v) is 6.00. The number of hydrogen-bond donors (Lipinski definition) is 1. The zero-order valence-electron chi connectivity index (χ0n) is 14.0. The number of rotatable bonds is 3. The molecule has 1 saturated carbocycles. The Labute approximate surface area is 138 Å². The molecule has 0 unspecified atom stereocenters. The van der Waals surface area contributed by atoms with Crippen molar-refractivity contribution in [3.63, 3.8) is 0 Å². The Bertz CT molecular complexity index is 668. The first-order valence-electron chi connectivity index (χ1n) is 8.79. The van der Waals surface area contributed by atoms with Crippen molar-refractivity contribution in [1.82, 2.24) is 10.2 Å². The van der Waals surface area contributed by atoms with Crippen molar-refractivity contribution in [2.75, 3.05) is 13.1 Å². The van der Waals surface area contributed by atoms with Gasteiger partial charge in [0, 0.05) is 32.0 Å². The maximum absolute atomic E-state index is 12.6. The fourth-order valence-corrected chi connectivity index (χ4v) is 4.69. The molecule has 122 valence electrons. The second-order valence-electron chi connectivity index (χ2n) is 7.32. The van der Waals surface area contributed by atoms with Crippen LogP contribution in [0.4, 0.5) is 0 Å². The van der Waals surface area contributed by atoms with E-state index in [0.717, 1.165) is 44.7 Å². The maximum atomic E-state index is 12.6. The summed E-state index contributed by atoms with van der Waals surface area (Å²) in [5.74, 6) is 2.04. The molecule has 1 aromatic rings. The van der Waals surface area contributed by atoms with E-state index in [1.807, 2.05) is 0 Å². The summed E-state index contributed by atoms with van der Waals surface area (Å²) in [5.41, 5.74) is 2.29. The largest absolute Gasteiger partial charge is 0.312 e. The van der Waals surface area contributed by atoms with Crippen LogP contribution in [-0.4, -0.2) is 35.3 Å². The summed E-state index contributed by atoms with van der Waals surface area (Å²) in [4.78, 5) is 20.0. The number of nitrogens with zero attached hydrogens (tertiary/aromatic N) is 2. The minimum Gasteiger partial charge on any atom is -0.312 e. The zero-order valence-corrected chi connectivity index (χ0v) is 14.0. The Morgan fingerprint density at radius 1 is 1.35 bits per heavy atom. The highest BCUT2D eigenvalue weighted by Gasteiger charge is 2.58. The van der Waals surface area contributed by atoms with Crippen LogP contribution in [0.25, 0.3) is 0 Å². The lowest BCUT2D eigenvalue weighted by Gasteiger charge is -2.26. The van der Waals surface area contributed by atoms with E-state index in [9.17, 15) is 4.79 Å². The molecule has 4 rings (SSSR count). The van der Waals surface area contributed by atoms with E-state index >= 15 is 0 Å². The molecule has 2 heterocycles. The van der Waals surface area contributed by atoms with Crippen LogP contribution in [0.3, 0.4) is 0 Å². The number of amides is 1. The van der Waals surface area contributed by atoms with E-state index in [0.29, 0.717) is 11.8 Å². The van der Waals surface area contributed by atoms with Crippen LogP contribution in [-0.2, 0) is 11.3 Å². The molecular formula is C19H25N3O. The molecule has 1 aliphatic carbocycles. The van der Waals surface area contributed by atoms with Crippen molar-refractivity contribution in [1.29, 1.82) is 0 Å². The Balaban J connectivity index is 1.53. The Hall–Kier alpha value is -1.68. The molecule has 1 amide bonds. The van der Waals surface area contributed by atoms with Gasteiger partial charge in [-0.3, -0.25) is 14.7 Å². The molecule has 3 aliphatic rings. The van der Waals surface area contributed by atoms with E-state index < -0.39 is 5.54 Å². The number of amidine groups is 1. The fourth-order valence-electron chi connectivity index (χ4n) is 4.69. The monoisotopic (exact) mass is 311 g/mol. The molecule has 23 heavy (non-hydrogen) atoms. The van der Waals surface area contributed by atoms with Gasteiger partial charge in [0.15, 0.2) is 0 Å². The molecule has 1 aromatic carbocycles. The van der Waals surface area contributed by atoms with Crippen LogP contribution in [0.5, 0.6) is 0 Å². The number of likely N-dealkylation sites (tertiary alicyclic amines) is 1.